The van der Waals surface area contributed by atoms with Gasteiger partial charge in [-0.3, -0.25) is 9.89 Å². The van der Waals surface area contributed by atoms with E-state index in [4.69, 9.17) is 5.73 Å². The smallest absolute Gasteiger partial charge is 0.257 e. The number of H-pyrrole nitrogens is 1. The average molecular weight is 242 g/mol. The van der Waals surface area contributed by atoms with Crippen molar-refractivity contribution in [2.24, 2.45) is 0 Å². The second-order valence-electron chi connectivity index (χ2n) is 3.44. The first-order valence-electron chi connectivity index (χ1n) is 4.48. The van der Waals surface area contributed by atoms with Crippen LogP contribution in [-0.2, 0) is 9.84 Å². The number of nitrogens with zero attached hydrogens (tertiary/aromatic N) is 1. The molecular formula is C8H10N4O3S. The number of sulfone groups is 1. The molecule has 8 heteroatoms. The van der Waals surface area contributed by atoms with Crippen molar-refractivity contribution in [3.05, 3.63) is 23.2 Å². The number of nitrogen functional groups attached to an aromatic ring is 1. The largest absolute Gasteiger partial charge is 0.383 e. The fourth-order valence-electron chi connectivity index (χ4n) is 1.39. The predicted octanol–water partition coefficient (Wildman–Crippen LogP) is -0.968. The summed E-state index contributed by atoms with van der Waals surface area (Å²) in [6, 6.07) is -0.508. The molecule has 0 spiro atoms. The number of aromatic nitrogens is 2. The van der Waals surface area contributed by atoms with Gasteiger partial charge < -0.3 is 11.1 Å². The number of carbonyl (C=O) groups is 1. The SMILES string of the molecule is Nc1[nH]ncc1C(=O)NC1C=CS(=O)(=O)C1. The van der Waals surface area contributed by atoms with E-state index in [1.807, 2.05) is 0 Å². The highest BCUT2D eigenvalue weighted by atomic mass is 32.2. The van der Waals surface area contributed by atoms with Crippen LogP contribution >= 0.6 is 0 Å². The predicted molar refractivity (Wildman–Crippen MR) is 57.2 cm³/mol. The van der Waals surface area contributed by atoms with Crippen molar-refractivity contribution in [1.29, 1.82) is 0 Å². The summed E-state index contributed by atoms with van der Waals surface area (Å²) >= 11 is 0. The highest BCUT2D eigenvalue weighted by molar-refractivity contribution is 7.94. The summed E-state index contributed by atoms with van der Waals surface area (Å²) in [5.41, 5.74) is 5.66. The second kappa shape index (κ2) is 3.63. The van der Waals surface area contributed by atoms with Crippen LogP contribution in [0, 0.1) is 0 Å². The minimum atomic E-state index is -3.17. The summed E-state index contributed by atoms with van der Waals surface area (Å²) < 4.78 is 22.2. The summed E-state index contributed by atoms with van der Waals surface area (Å²) in [6.45, 7) is 0. The molecule has 0 saturated carbocycles. The van der Waals surface area contributed by atoms with Crippen molar-refractivity contribution in [2.75, 3.05) is 11.5 Å². The number of amides is 1. The van der Waals surface area contributed by atoms with Crippen molar-refractivity contribution in [1.82, 2.24) is 15.5 Å². The third kappa shape index (κ3) is 2.06. The van der Waals surface area contributed by atoms with Gasteiger partial charge in [0.2, 0.25) is 0 Å². The first kappa shape index (κ1) is 10.7. The average Bonchev–Trinajstić information content (AvgIpc) is 2.72. The van der Waals surface area contributed by atoms with Gasteiger partial charge >= 0.3 is 0 Å². The maximum Gasteiger partial charge on any atom is 0.257 e. The van der Waals surface area contributed by atoms with E-state index in [0.29, 0.717) is 0 Å². The molecule has 0 fully saturated rings. The highest BCUT2D eigenvalue weighted by Crippen LogP contribution is 2.10. The van der Waals surface area contributed by atoms with Crippen molar-refractivity contribution in [3.8, 4) is 0 Å². The van der Waals surface area contributed by atoms with Gasteiger partial charge in [-0.1, -0.05) is 0 Å². The third-order valence-corrected chi connectivity index (χ3v) is 3.56. The lowest BCUT2D eigenvalue weighted by Crippen LogP contribution is -2.35. The quantitative estimate of drug-likeness (QED) is 0.616. The number of aromatic amines is 1. The molecule has 0 bridgehead atoms. The van der Waals surface area contributed by atoms with Gasteiger partial charge in [0.05, 0.1) is 18.0 Å². The van der Waals surface area contributed by atoms with E-state index in [9.17, 15) is 13.2 Å². The topological polar surface area (TPSA) is 118 Å². The van der Waals surface area contributed by atoms with E-state index in [1.165, 1.54) is 12.3 Å². The molecular weight excluding hydrogens is 232 g/mol. The molecule has 1 atom stereocenters. The van der Waals surface area contributed by atoms with Crippen LogP contribution in [0.2, 0.25) is 0 Å². The third-order valence-electron chi connectivity index (χ3n) is 2.16. The van der Waals surface area contributed by atoms with Gasteiger partial charge in [0.25, 0.3) is 5.91 Å². The number of anilines is 1. The van der Waals surface area contributed by atoms with Gasteiger partial charge in [0.15, 0.2) is 9.84 Å². The second-order valence-corrected chi connectivity index (χ2v) is 5.37. The molecule has 1 aromatic rings. The van der Waals surface area contributed by atoms with Crippen LogP contribution in [0.3, 0.4) is 0 Å². The summed E-state index contributed by atoms with van der Waals surface area (Å²) in [5.74, 6) is -0.406. The molecule has 16 heavy (non-hydrogen) atoms. The van der Waals surface area contributed by atoms with Crippen molar-refractivity contribution < 1.29 is 13.2 Å². The van der Waals surface area contributed by atoms with Crippen LogP contribution in [-0.4, -0.2) is 36.3 Å². The van der Waals surface area contributed by atoms with E-state index in [2.05, 4.69) is 15.5 Å². The number of hydrogen-bond donors (Lipinski definition) is 3. The van der Waals surface area contributed by atoms with Gasteiger partial charge in [0, 0.05) is 5.41 Å². The monoisotopic (exact) mass is 242 g/mol. The number of rotatable bonds is 2. The standard InChI is InChI=1S/C8H10N4O3S/c9-7-6(3-10-12-7)8(13)11-5-1-2-16(14,15)4-5/h1-3,5H,4H2,(H,11,13)(H3,9,10,12). The lowest BCUT2D eigenvalue weighted by Gasteiger charge is -2.08. The minimum Gasteiger partial charge on any atom is -0.383 e. The van der Waals surface area contributed by atoms with Crippen molar-refractivity contribution in [3.63, 3.8) is 0 Å². The van der Waals surface area contributed by atoms with E-state index < -0.39 is 21.8 Å². The maximum atomic E-state index is 11.6. The molecule has 1 aliphatic heterocycles. The number of hydrogen-bond acceptors (Lipinski definition) is 5. The summed E-state index contributed by atoms with van der Waals surface area (Å²) in [5, 5.41) is 9.65. The van der Waals surface area contributed by atoms with E-state index in [1.54, 1.807) is 0 Å². The molecule has 1 aromatic heterocycles. The molecule has 0 radical (unpaired) electrons. The summed E-state index contributed by atoms with van der Waals surface area (Å²) in [4.78, 5) is 11.6. The zero-order valence-electron chi connectivity index (χ0n) is 8.17. The molecule has 2 heterocycles. The van der Waals surface area contributed by atoms with Gasteiger partial charge in [-0.25, -0.2) is 8.42 Å². The van der Waals surface area contributed by atoms with E-state index in [-0.39, 0.29) is 17.1 Å². The minimum absolute atomic E-state index is 0.115. The van der Waals surface area contributed by atoms with Crippen molar-refractivity contribution in [2.45, 2.75) is 6.04 Å². The number of nitrogens with two attached hydrogens (primary N) is 1. The van der Waals surface area contributed by atoms with Gasteiger partial charge in [-0.05, 0) is 6.08 Å². The van der Waals surface area contributed by atoms with Gasteiger partial charge in [-0.15, -0.1) is 0 Å². The first-order valence-corrected chi connectivity index (χ1v) is 6.20. The van der Waals surface area contributed by atoms with Crippen LogP contribution in [0.5, 0.6) is 0 Å². The first-order chi connectivity index (χ1) is 7.48. The lowest BCUT2D eigenvalue weighted by atomic mass is 10.2. The molecule has 1 unspecified atom stereocenters. The Bertz CT molecular complexity index is 545. The fraction of sp³-hybridized carbons (Fsp3) is 0.250. The molecule has 4 N–H and O–H groups in total. The Hall–Kier alpha value is -1.83. The van der Waals surface area contributed by atoms with E-state index >= 15 is 0 Å². The Morgan fingerprint density at radius 2 is 2.38 bits per heavy atom. The molecule has 86 valence electrons. The summed E-state index contributed by atoms with van der Waals surface area (Å²) in [6.07, 6.45) is 2.72. The van der Waals surface area contributed by atoms with Gasteiger partial charge in [0.1, 0.15) is 11.4 Å². The van der Waals surface area contributed by atoms with Crippen LogP contribution < -0.4 is 11.1 Å². The van der Waals surface area contributed by atoms with Crippen LogP contribution in [0.25, 0.3) is 0 Å². The van der Waals surface area contributed by atoms with Crippen LogP contribution in [0.15, 0.2) is 17.7 Å². The molecule has 0 aromatic carbocycles. The molecule has 2 rings (SSSR count). The molecule has 1 aliphatic rings. The highest BCUT2D eigenvalue weighted by Gasteiger charge is 2.24. The number of carbonyl (C=O) groups excluding carboxylic acids is 1. The Morgan fingerprint density at radius 1 is 1.62 bits per heavy atom. The van der Waals surface area contributed by atoms with Crippen LogP contribution in [0.1, 0.15) is 10.4 Å². The molecule has 7 nitrogen and oxygen atoms in total. The maximum absolute atomic E-state index is 11.6. The van der Waals surface area contributed by atoms with Crippen molar-refractivity contribution >= 4 is 21.6 Å². The zero-order chi connectivity index (χ0) is 11.8. The molecule has 1 amide bonds. The summed E-state index contributed by atoms with van der Waals surface area (Å²) in [7, 11) is -3.17. The Labute approximate surface area is 91.6 Å². The Balaban J connectivity index is 2.05. The molecule has 0 aliphatic carbocycles. The lowest BCUT2D eigenvalue weighted by molar-refractivity contribution is 0.0948. The Kier molecular flexibility index (Phi) is 2.43. The van der Waals surface area contributed by atoms with Gasteiger partial charge in [-0.2, -0.15) is 5.10 Å². The normalized spacial score (nSPS) is 22.1. The van der Waals surface area contributed by atoms with Crippen LogP contribution in [0.4, 0.5) is 5.82 Å². The zero-order valence-corrected chi connectivity index (χ0v) is 8.99. The number of nitrogens with one attached hydrogen (secondary N) is 2. The van der Waals surface area contributed by atoms with E-state index in [0.717, 1.165) is 5.41 Å². The molecule has 0 saturated heterocycles. The fourth-order valence-corrected chi connectivity index (χ4v) is 2.62. The Morgan fingerprint density at radius 3 is 2.88 bits per heavy atom.